The standard InChI is InChI=1S/C11H19N3.C7H7F.C2H6/c1-10(8-11(2,3)9-12)14-6-4-13-5-7-14;1-6-4-2-3-5-7(6)8;1-2/h13H,1,4-8H2,2-3H3;2-5H,1H3;1-2H3. The number of benzene rings is 1. The van der Waals surface area contributed by atoms with E-state index in [1.807, 2.05) is 33.8 Å². The molecule has 0 saturated carbocycles. The first-order valence-electron chi connectivity index (χ1n) is 8.61. The molecule has 0 atom stereocenters. The number of nitrogens with zero attached hydrogens (tertiary/aromatic N) is 2. The predicted molar refractivity (Wildman–Crippen MR) is 100 cm³/mol. The molecule has 1 aliphatic rings. The molecule has 1 heterocycles. The molecule has 1 saturated heterocycles. The number of hydrogen-bond donors (Lipinski definition) is 1. The third kappa shape index (κ3) is 8.69. The highest BCUT2D eigenvalue weighted by atomic mass is 19.1. The molecule has 1 N–H and O–H groups in total. The summed E-state index contributed by atoms with van der Waals surface area (Å²) in [5.41, 5.74) is 1.51. The lowest BCUT2D eigenvalue weighted by Crippen LogP contribution is -2.43. The zero-order chi connectivity index (χ0) is 18.6. The van der Waals surface area contributed by atoms with Crippen LogP contribution in [-0.4, -0.2) is 31.1 Å². The summed E-state index contributed by atoms with van der Waals surface area (Å²) in [5, 5.41) is 12.2. The summed E-state index contributed by atoms with van der Waals surface area (Å²) in [4.78, 5) is 2.27. The molecule has 2 rings (SSSR count). The lowest BCUT2D eigenvalue weighted by atomic mass is 9.89. The van der Waals surface area contributed by atoms with Crippen molar-refractivity contribution in [2.24, 2.45) is 5.41 Å². The van der Waals surface area contributed by atoms with Crippen molar-refractivity contribution in [3.63, 3.8) is 0 Å². The van der Waals surface area contributed by atoms with Crippen LogP contribution in [0, 0.1) is 29.5 Å². The molecule has 1 aromatic carbocycles. The second-order valence-electron chi connectivity index (χ2n) is 6.22. The van der Waals surface area contributed by atoms with E-state index >= 15 is 0 Å². The topological polar surface area (TPSA) is 39.1 Å². The minimum atomic E-state index is -0.290. The number of nitriles is 1. The Kier molecular flexibility index (Phi) is 10.7. The Morgan fingerprint density at radius 1 is 1.29 bits per heavy atom. The molecule has 0 aliphatic carbocycles. The molecule has 1 aliphatic heterocycles. The molecule has 134 valence electrons. The fourth-order valence-electron chi connectivity index (χ4n) is 2.19. The highest BCUT2D eigenvalue weighted by Crippen LogP contribution is 2.25. The maximum atomic E-state index is 12.3. The van der Waals surface area contributed by atoms with E-state index in [1.54, 1.807) is 19.1 Å². The Bertz CT molecular complexity index is 505. The quantitative estimate of drug-likeness (QED) is 0.885. The minimum Gasteiger partial charge on any atom is -0.373 e. The summed E-state index contributed by atoms with van der Waals surface area (Å²) >= 11 is 0. The van der Waals surface area contributed by atoms with Gasteiger partial charge in [0.05, 0.1) is 11.5 Å². The van der Waals surface area contributed by atoms with Crippen LogP contribution in [0.3, 0.4) is 0 Å². The van der Waals surface area contributed by atoms with E-state index in [0.717, 1.165) is 38.3 Å². The molecule has 1 aromatic rings. The lowest BCUT2D eigenvalue weighted by Gasteiger charge is -2.33. The smallest absolute Gasteiger partial charge is 0.126 e. The van der Waals surface area contributed by atoms with Gasteiger partial charge in [0.25, 0.3) is 0 Å². The van der Waals surface area contributed by atoms with Crippen molar-refractivity contribution in [2.75, 3.05) is 26.2 Å². The summed E-state index contributed by atoms with van der Waals surface area (Å²) in [5.74, 6) is -0.132. The number of rotatable bonds is 3. The first-order chi connectivity index (χ1) is 11.4. The first kappa shape index (κ1) is 22.1. The summed E-state index contributed by atoms with van der Waals surface area (Å²) in [6.45, 7) is 17.8. The highest BCUT2D eigenvalue weighted by molar-refractivity contribution is 5.14. The summed E-state index contributed by atoms with van der Waals surface area (Å²) in [7, 11) is 0. The van der Waals surface area contributed by atoms with Crippen LogP contribution in [-0.2, 0) is 0 Å². The fourth-order valence-corrected chi connectivity index (χ4v) is 2.19. The van der Waals surface area contributed by atoms with Gasteiger partial charge in [0, 0.05) is 38.3 Å². The van der Waals surface area contributed by atoms with Crippen molar-refractivity contribution in [2.45, 2.75) is 41.0 Å². The second kappa shape index (κ2) is 11.6. The molecule has 0 aromatic heterocycles. The molecule has 3 nitrogen and oxygen atoms in total. The number of nitrogens with one attached hydrogen (secondary N) is 1. The van der Waals surface area contributed by atoms with Gasteiger partial charge in [0.15, 0.2) is 0 Å². The van der Waals surface area contributed by atoms with Crippen LogP contribution in [0.4, 0.5) is 4.39 Å². The van der Waals surface area contributed by atoms with Crippen LogP contribution >= 0.6 is 0 Å². The van der Waals surface area contributed by atoms with Crippen LogP contribution in [0.2, 0.25) is 0 Å². The Balaban J connectivity index is 0.000000447. The van der Waals surface area contributed by atoms with Gasteiger partial charge >= 0.3 is 0 Å². The fraction of sp³-hybridized carbons (Fsp3) is 0.550. The zero-order valence-electron chi connectivity index (χ0n) is 15.8. The Morgan fingerprint density at radius 3 is 2.25 bits per heavy atom. The zero-order valence-corrected chi connectivity index (χ0v) is 15.8. The van der Waals surface area contributed by atoms with Crippen LogP contribution in [0.15, 0.2) is 36.5 Å². The van der Waals surface area contributed by atoms with E-state index in [2.05, 4.69) is 22.9 Å². The molecule has 1 fully saturated rings. The van der Waals surface area contributed by atoms with Gasteiger partial charge < -0.3 is 10.2 Å². The van der Waals surface area contributed by atoms with Crippen LogP contribution in [0.5, 0.6) is 0 Å². The van der Waals surface area contributed by atoms with E-state index in [-0.39, 0.29) is 11.2 Å². The molecule has 0 amide bonds. The van der Waals surface area contributed by atoms with Crippen LogP contribution in [0.1, 0.15) is 39.7 Å². The molecule has 0 unspecified atom stereocenters. The summed E-state index contributed by atoms with van der Waals surface area (Å²) < 4.78 is 12.3. The van der Waals surface area contributed by atoms with Crippen LogP contribution < -0.4 is 5.32 Å². The SMILES string of the molecule is C=C(CC(C)(C)C#N)N1CCNCC1.CC.Cc1ccccc1F. The van der Waals surface area contributed by atoms with Gasteiger partial charge in [-0.25, -0.2) is 4.39 Å². The molecule has 0 spiro atoms. The monoisotopic (exact) mass is 333 g/mol. The average molecular weight is 333 g/mol. The van der Waals surface area contributed by atoms with Gasteiger partial charge in [0.1, 0.15) is 5.82 Å². The van der Waals surface area contributed by atoms with Crippen molar-refractivity contribution >= 4 is 0 Å². The van der Waals surface area contributed by atoms with Crippen molar-refractivity contribution in [3.05, 3.63) is 47.9 Å². The maximum Gasteiger partial charge on any atom is 0.126 e. The Labute approximate surface area is 147 Å². The normalized spacial score (nSPS) is 13.6. The third-order valence-corrected chi connectivity index (χ3v) is 3.59. The summed E-state index contributed by atoms with van der Waals surface area (Å²) in [6.07, 6.45) is 0.767. The Morgan fingerprint density at radius 2 is 1.83 bits per heavy atom. The van der Waals surface area contributed by atoms with Gasteiger partial charge in [0.2, 0.25) is 0 Å². The van der Waals surface area contributed by atoms with Gasteiger partial charge in [-0.15, -0.1) is 0 Å². The van der Waals surface area contributed by atoms with E-state index in [0.29, 0.717) is 5.56 Å². The van der Waals surface area contributed by atoms with Crippen molar-refractivity contribution in [1.29, 1.82) is 5.26 Å². The van der Waals surface area contributed by atoms with Gasteiger partial charge in [-0.05, 0) is 32.4 Å². The van der Waals surface area contributed by atoms with Crippen molar-refractivity contribution in [1.82, 2.24) is 10.2 Å². The summed E-state index contributed by atoms with van der Waals surface area (Å²) in [6, 6.07) is 9.01. The number of hydrogen-bond acceptors (Lipinski definition) is 3. The molecular weight excluding hydrogens is 301 g/mol. The van der Waals surface area contributed by atoms with E-state index < -0.39 is 0 Å². The minimum absolute atomic E-state index is 0.132. The first-order valence-corrected chi connectivity index (χ1v) is 8.61. The lowest BCUT2D eigenvalue weighted by molar-refractivity contribution is 0.273. The van der Waals surface area contributed by atoms with E-state index in [1.165, 1.54) is 6.07 Å². The van der Waals surface area contributed by atoms with Crippen molar-refractivity contribution < 1.29 is 4.39 Å². The van der Waals surface area contributed by atoms with Crippen molar-refractivity contribution in [3.8, 4) is 6.07 Å². The molecule has 0 radical (unpaired) electrons. The maximum absolute atomic E-state index is 12.3. The van der Waals surface area contributed by atoms with E-state index in [9.17, 15) is 4.39 Å². The molecular formula is C20H32FN3. The van der Waals surface area contributed by atoms with E-state index in [4.69, 9.17) is 5.26 Å². The number of aryl methyl sites for hydroxylation is 1. The third-order valence-electron chi connectivity index (χ3n) is 3.59. The van der Waals surface area contributed by atoms with Gasteiger partial charge in [-0.3, -0.25) is 0 Å². The molecule has 4 heteroatoms. The largest absolute Gasteiger partial charge is 0.373 e. The number of allylic oxidation sites excluding steroid dienone is 1. The Hall–Kier alpha value is -1.86. The second-order valence-corrected chi connectivity index (χ2v) is 6.22. The predicted octanol–water partition coefficient (Wildman–Crippen LogP) is 4.51. The molecule has 24 heavy (non-hydrogen) atoms. The van der Waals surface area contributed by atoms with Gasteiger partial charge in [-0.1, -0.05) is 38.6 Å². The van der Waals surface area contributed by atoms with Crippen LogP contribution in [0.25, 0.3) is 0 Å². The molecule has 0 bridgehead atoms. The average Bonchev–Trinajstić information content (AvgIpc) is 2.60. The number of piperazine rings is 1. The van der Waals surface area contributed by atoms with Gasteiger partial charge in [-0.2, -0.15) is 5.26 Å². The number of halogens is 1. The highest BCUT2D eigenvalue weighted by Gasteiger charge is 2.21.